The molecule has 1 saturated heterocycles. The summed E-state index contributed by atoms with van der Waals surface area (Å²) in [6.45, 7) is 11.0. The largest absolute Gasteiger partial charge is 0.298 e. The molecule has 21 heavy (non-hydrogen) atoms. The molecule has 0 amide bonds. The van der Waals surface area contributed by atoms with E-state index in [9.17, 15) is 8.42 Å². The van der Waals surface area contributed by atoms with Crippen LogP contribution in [-0.4, -0.2) is 49.8 Å². The van der Waals surface area contributed by atoms with E-state index in [1.54, 1.807) is 4.31 Å². The maximum Gasteiger partial charge on any atom is 0.243 e. The molecule has 1 fully saturated rings. The summed E-state index contributed by atoms with van der Waals surface area (Å²) < 4.78 is 27.7. The third kappa shape index (κ3) is 3.00. The first-order valence-corrected chi connectivity index (χ1v) is 8.88. The summed E-state index contributed by atoms with van der Waals surface area (Å²) in [7, 11) is -1.37. The van der Waals surface area contributed by atoms with E-state index >= 15 is 0 Å². The molecule has 5 heteroatoms. The van der Waals surface area contributed by atoms with Crippen molar-refractivity contribution in [1.82, 2.24) is 9.21 Å². The number of nitrogens with zero attached hydrogens (tertiary/aromatic N) is 2. The lowest BCUT2D eigenvalue weighted by Gasteiger charge is -2.41. The van der Waals surface area contributed by atoms with Crippen molar-refractivity contribution in [3.05, 3.63) is 28.8 Å². The van der Waals surface area contributed by atoms with E-state index in [0.717, 1.165) is 16.7 Å². The summed E-state index contributed by atoms with van der Waals surface area (Å²) in [5.74, 6) is 0. The number of hydrogen-bond acceptors (Lipinski definition) is 3. The van der Waals surface area contributed by atoms with E-state index in [1.165, 1.54) is 0 Å². The van der Waals surface area contributed by atoms with Gasteiger partial charge in [0.1, 0.15) is 0 Å². The van der Waals surface area contributed by atoms with E-state index < -0.39 is 10.0 Å². The number of hydrogen-bond donors (Lipinski definition) is 0. The summed E-state index contributed by atoms with van der Waals surface area (Å²) in [5, 5.41) is 0. The normalized spacial score (nSPS) is 25.2. The molecule has 0 saturated carbocycles. The van der Waals surface area contributed by atoms with Crippen molar-refractivity contribution in [3.8, 4) is 0 Å². The topological polar surface area (TPSA) is 40.6 Å². The third-order valence-corrected chi connectivity index (χ3v) is 6.67. The smallest absolute Gasteiger partial charge is 0.243 e. The average molecular weight is 310 g/mol. The van der Waals surface area contributed by atoms with Gasteiger partial charge in [-0.3, -0.25) is 4.90 Å². The highest BCUT2D eigenvalue weighted by atomic mass is 32.2. The van der Waals surface area contributed by atoms with Crippen molar-refractivity contribution in [2.75, 3.05) is 20.1 Å². The summed E-state index contributed by atoms with van der Waals surface area (Å²) in [4.78, 5) is 2.72. The van der Waals surface area contributed by atoms with Gasteiger partial charge in [0.2, 0.25) is 10.0 Å². The van der Waals surface area contributed by atoms with Crippen molar-refractivity contribution in [2.24, 2.45) is 0 Å². The fourth-order valence-corrected chi connectivity index (χ4v) is 5.27. The third-order valence-electron chi connectivity index (χ3n) is 4.53. The van der Waals surface area contributed by atoms with Crippen LogP contribution < -0.4 is 0 Å². The quantitative estimate of drug-likeness (QED) is 0.842. The number of piperazine rings is 1. The Bertz CT molecular complexity index is 605. The molecule has 0 aliphatic carbocycles. The molecule has 1 heterocycles. The molecule has 1 aromatic carbocycles. The molecular weight excluding hydrogens is 284 g/mol. The van der Waals surface area contributed by atoms with Gasteiger partial charge < -0.3 is 0 Å². The highest BCUT2D eigenvalue weighted by Crippen LogP contribution is 2.27. The van der Waals surface area contributed by atoms with E-state index in [1.807, 2.05) is 32.9 Å². The molecule has 4 nitrogen and oxygen atoms in total. The van der Waals surface area contributed by atoms with Gasteiger partial charge in [0.05, 0.1) is 4.90 Å². The molecular formula is C16H26N2O2S. The first-order valence-electron chi connectivity index (χ1n) is 7.44. The minimum absolute atomic E-state index is 0.231. The van der Waals surface area contributed by atoms with Crippen LogP contribution in [0.15, 0.2) is 17.0 Å². The van der Waals surface area contributed by atoms with Crippen molar-refractivity contribution < 1.29 is 8.42 Å². The van der Waals surface area contributed by atoms with E-state index in [4.69, 9.17) is 0 Å². The van der Waals surface area contributed by atoms with Crippen molar-refractivity contribution in [1.29, 1.82) is 0 Å². The Morgan fingerprint density at radius 3 is 1.86 bits per heavy atom. The van der Waals surface area contributed by atoms with Crippen LogP contribution in [0.4, 0.5) is 0 Å². The molecule has 118 valence electrons. The van der Waals surface area contributed by atoms with E-state index in [2.05, 4.69) is 25.8 Å². The fourth-order valence-electron chi connectivity index (χ4n) is 3.25. The lowest BCUT2D eigenvalue weighted by Crippen LogP contribution is -2.56. The Balaban J connectivity index is 2.44. The predicted molar refractivity (Wildman–Crippen MR) is 86.1 cm³/mol. The van der Waals surface area contributed by atoms with Crippen LogP contribution >= 0.6 is 0 Å². The Morgan fingerprint density at radius 2 is 1.43 bits per heavy atom. The predicted octanol–water partition coefficient (Wildman–Crippen LogP) is 2.32. The van der Waals surface area contributed by atoms with Crippen molar-refractivity contribution in [3.63, 3.8) is 0 Å². The number of likely N-dealkylation sites (N-methyl/N-ethyl adjacent to an activating group) is 1. The fraction of sp³-hybridized carbons (Fsp3) is 0.625. The Labute approximate surface area is 128 Å². The van der Waals surface area contributed by atoms with Gasteiger partial charge in [-0.05, 0) is 52.8 Å². The second kappa shape index (κ2) is 5.71. The molecule has 0 bridgehead atoms. The van der Waals surface area contributed by atoms with Crippen LogP contribution in [0, 0.1) is 20.8 Å². The first kappa shape index (κ1) is 16.5. The average Bonchev–Trinajstić information content (AvgIpc) is 2.33. The zero-order chi connectivity index (χ0) is 15.9. The lowest BCUT2D eigenvalue weighted by atomic mass is 10.1. The van der Waals surface area contributed by atoms with E-state index in [-0.39, 0.29) is 12.1 Å². The van der Waals surface area contributed by atoms with Crippen LogP contribution in [0.25, 0.3) is 0 Å². The Morgan fingerprint density at radius 1 is 1.00 bits per heavy atom. The van der Waals surface area contributed by atoms with Gasteiger partial charge in [0.15, 0.2) is 0 Å². The zero-order valence-corrected chi connectivity index (χ0v) is 14.7. The van der Waals surface area contributed by atoms with E-state index in [0.29, 0.717) is 18.0 Å². The second-order valence-electron chi connectivity index (χ2n) is 6.41. The summed E-state index contributed by atoms with van der Waals surface area (Å²) in [6, 6.07) is 4.36. The van der Waals surface area contributed by atoms with Crippen LogP contribution in [0.3, 0.4) is 0 Å². The zero-order valence-electron chi connectivity index (χ0n) is 13.8. The number of aryl methyl sites for hydroxylation is 3. The second-order valence-corrected chi connectivity index (χ2v) is 8.29. The van der Waals surface area contributed by atoms with Gasteiger partial charge in [-0.25, -0.2) is 8.42 Å². The molecule has 2 rings (SSSR count). The highest BCUT2D eigenvalue weighted by molar-refractivity contribution is 7.89. The lowest BCUT2D eigenvalue weighted by molar-refractivity contribution is 0.105. The van der Waals surface area contributed by atoms with Crippen LogP contribution in [0.5, 0.6) is 0 Å². The Kier molecular flexibility index (Phi) is 4.47. The maximum absolute atomic E-state index is 13.0. The number of sulfonamides is 1. The molecule has 0 radical (unpaired) electrons. The van der Waals surface area contributed by atoms with Gasteiger partial charge in [-0.2, -0.15) is 4.31 Å². The molecule has 1 aliphatic heterocycles. The molecule has 2 unspecified atom stereocenters. The van der Waals surface area contributed by atoms with Crippen molar-refractivity contribution in [2.45, 2.75) is 51.6 Å². The standard InChI is InChI=1S/C16H26N2O2S/c1-11-7-12(2)16(13(3)8-11)21(19,20)18-9-14(4)17(6)15(5)10-18/h7-8,14-15H,9-10H2,1-6H3. The maximum atomic E-state index is 13.0. The SMILES string of the molecule is Cc1cc(C)c(S(=O)(=O)N2CC(C)N(C)C(C)C2)c(C)c1. The first-order chi connectivity index (χ1) is 9.64. The summed E-state index contributed by atoms with van der Waals surface area (Å²) in [6.07, 6.45) is 0. The molecule has 1 aromatic rings. The molecule has 1 aliphatic rings. The monoisotopic (exact) mass is 310 g/mol. The van der Waals surface area contributed by atoms with Crippen molar-refractivity contribution >= 4 is 10.0 Å². The van der Waals surface area contributed by atoms with Gasteiger partial charge in [0, 0.05) is 25.2 Å². The van der Waals surface area contributed by atoms with Crippen LogP contribution in [0.2, 0.25) is 0 Å². The summed E-state index contributed by atoms with van der Waals surface area (Å²) in [5.41, 5.74) is 2.78. The van der Waals surface area contributed by atoms with Gasteiger partial charge >= 0.3 is 0 Å². The van der Waals surface area contributed by atoms with Gasteiger partial charge in [-0.1, -0.05) is 17.7 Å². The van der Waals surface area contributed by atoms with Gasteiger partial charge in [-0.15, -0.1) is 0 Å². The number of rotatable bonds is 2. The highest BCUT2D eigenvalue weighted by Gasteiger charge is 2.35. The molecule has 0 spiro atoms. The van der Waals surface area contributed by atoms with Crippen LogP contribution in [-0.2, 0) is 10.0 Å². The molecule has 2 atom stereocenters. The van der Waals surface area contributed by atoms with Crippen LogP contribution in [0.1, 0.15) is 30.5 Å². The minimum Gasteiger partial charge on any atom is -0.298 e. The minimum atomic E-state index is -3.42. The molecule has 0 N–H and O–H groups in total. The number of benzene rings is 1. The van der Waals surface area contributed by atoms with Gasteiger partial charge in [0.25, 0.3) is 0 Å². The molecule has 0 aromatic heterocycles. The summed E-state index contributed by atoms with van der Waals surface area (Å²) >= 11 is 0. The Hall–Kier alpha value is -0.910.